The minimum Gasteiger partial charge on any atom is -0.494 e. The molecule has 0 N–H and O–H groups in total. The van der Waals surface area contributed by atoms with Gasteiger partial charge in [0.15, 0.2) is 0 Å². The van der Waals surface area contributed by atoms with Gasteiger partial charge in [-0.25, -0.2) is 13.4 Å². The van der Waals surface area contributed by atoms with Crippen LogP contribution >= 0.6 is 11.8 Å². The van der Waals surface area contributed by atoms with Crippen molar-refractivity contribution in [2.75, 3.05) is 38.5 Å². The second kappa shape index (κ2) is 10.1. The van der Waals surface area contributed by atoms with Crippen molar-refractivity contribution in [3.8, 4) is 5.75 Å². The largest absolute Gasteiger partial charge is 0.494 e. The summed E-state index contributed by atoms with van der Waals surface area (Å²) in [6.07, 6.45) is -3.73. The molecular weight excluding hydrogens is 467 g/mol. The first-order chi connectivity index (χ1) is 15.1. The van der Waals surface area contributed by atoms with E-state index in [-0.39, 0.29) is 42.7 Å². The number of thioether (sulfide) groups is 1. The first kappa shape index (κ1) is 24.3. The van der Waals surface area contributed by atoms with Gasteiger partial charge in [0, 0.05) is 32.4 Å². The Morgan fingerprint density at radius 2 is 1.75 bits per heavy atom. The van der Waals surface area contributed by atoms with Gasteiger partial charge in [-0.05, 0) is 43.3 Å². The number of amides is 1. The van der Waals surface area contributed by atoms with Crippen molar-refractivity contribution < 1.29 is 31.1 Å². The molecule has 1 aliphatic heterocycles. The van der Waals surface area contributed by atoms with Gasteiger partial charge in [0.25, 0.3) is 0 Å². The average molecular weight is 490 g/mol. The molecule has 1 aromatic carbocycles. The van der Waals surface area contributed by atoms with Crippen molar-refractivity contribution in [3.63, 3.8) is 0 Å². The van der Waals surface area contributed by atoms with Crippen LogP contribution in [0.1, 0.15) is 12.5 Å². The number of rotatable bonds is 7. The first-order valence-corrected chi connectivity index (χ1v) is 12.2. The summed E-state index contributed by atoms with van der Waals surface area (Å²) in [4.78, 5) is 17.9. The first-order valence-electron chi connectivity index (χ1n) is 9.78. The van der Waals surface area contributed by atoms with Crippen LogP contribution in [0.3, 0.4) is 0 Å². The molecule has 0 atom stereocenters. The lowest BCUT2D eigenvalue weighted by atomic mass is 10.3. The fourth-order valence-electron chi connectivity index (χ4n) is 3.06. The quantitative estimate of drug-likeness (QED) is 0.556. The summed E-state index contributed by atoms with van der Waals surface area (Å²) in [5, 5.41) is 0.308. The molecule has 2 heterocycles. The average Bonchev–Trinajstić information content (AvgIpc) is 2.78. The highest BCUT2D eigenvalue weighted by atomic mass is 32.2. The number of nitrogens with zero attached hydrogens (tertiary/aromatic N) is 3. The number of hydrogen-bond acceptors (Lipinski definition) is 6. The van der Waals surface area contributed by atoms with Crippen LogP contribution in [0.2, 0.25) is 0 Å². The molecule has 12 heteroatoms. The van der Waals surface area contributed by atoms with Crippen LogP contribution in [0, 0.1) is 0 Å². The predicted octanol–water partition coefficient (Wildman–Crippen LogP) is 3.12. The van der Waals surface area contributed by atoms with E-state index in [1.165, 1.54) is 22.5 Å². The summed E-state index contributed by atoms with van der Waals surface area (Å²) in [7, 11) is -3.68. The number of ether oxygens (including phenoxy) is 1. The number of piperazine rings is 1. The minimum absolute atomic E-state index is 0.00397. The zero-order valence-corrected chi connectivity index (χ0v) is 18.8. The molecule has 0 radical (unpaired) electrons. The zero-order valence-electron chi connectivity index (χ0n) is 17.2. The van der Waals surface area contributed by atoms with Crippen molar-refractivity contribution >= 4 is 27.7 Å². The topological polar surface area (TPSA) is 79.8 Å². The van der Waals surface area contributed by atoms with Crippen molar-refractivity contribution in [2.24, 2.45) is 0 Å². The van der Waals surface area contributed by atoms with Gasteiger partial charge in [0.05, 0.1) is 27.8 Å². The highest BCUT2D eigenvalue weighted by Crippen LogP contribution is 2.29. The summed E-state index contributed by atoms with van der Waals surface area (Å²) in [5.74, 6) is 0.362. The van der Waals surface area contributed by atoms with E-state index >= 15 is 0 Å². The molecule has 1 amide bonds. The van der Waals surface area contributed by atoms with Gasteiger partial charge in [-0.15, -0.1) is 0 Å². The second-order valence-corrected chi connectivity index (χ2v) is 9.79. The second-order valence-electron chi connectivity index (χ2n) is 6.86. The monoisotopic (exact) mass is 489 g/mol. The van der Waals surface area contributed by atoms with E-state index < -0.39 is 21.8 Å². The molecule has 0 spiro atoms. The third-order valence-electron chi connectivity index (χ3n) is 4.77. The zero-order chi connectivity index (χ0) is 23.4. The number of carbonyl (C=O) groups excluding carboxylic acids is 1. The summed E-state index contributed by atoms with van der Waals surface area (Å²) in [5.41, 5.74) is -0.849. The van der Waals surface area contributed by atoms with E-state index in [1.54, 1.807) is 17.0 Å². The van der Waals surface area contributed by atoms with Crippen LogP contribution < -0.4 is 4.74 Å². The number of sulfonamides is 1. The molecule has 2 aromatic rings. The van der Waals surface area contributed by atoms with E-state index in [1.807, 2.05) is 6.92 Å². The number of halogens is 3. The van der Waals surface area contributed by atoms with Crippen LogP contribution in [-0.2, 0) is 21.0 Å². The van der Waals surface area contributed by atoms with Gasteiger partial charge in [0.2, 0.25) is 15.9 Å². The molecule has 0 aliphatic carbocycles. The maximum Gasteiger partial charge on any atom is 0.417 e. The Morgan fingerprint density at radius 3 is 2.28 bits per heavy atom. The van der Waals surface area contributed by atoms with E-state index in [0.29, 0.717) is 17.4 Å². The lowest BCUT2D eigenvalue weighted by Gasteiger charge is -2.34. The normalized spacial score (nSPS) is 15.6. The molecule has 0 saturated carbocycles. The molecule has 1 fully saturated rings. The fraction of sp³-hybridized carbons (Fsp3) is 0.400. The molecule has 3 rings (SSSR count). The van der Waals surface area contributed by atoms with Crippen LogP contribution in [-0.4, -0.2) is 67.1 Å². The van der Waals surface area contributed by atoms with E-state index in [9.17, 15) is 26.4 Å². The molecule has 1 aromatic heterocycles. The summed E-state index contributed by atoms with van der Waals surface area (Å²) < 4.78 is 70.1. The Morgan fingerprint density at radius 1 is 1.09 bits per heavy atom. The van der Waals surface area contributed by atoms with Crippen molar-refractivity contribution in [1.82, 2.24) is 14.2 Å². The maximum atomic E-state index is 12.8. The minimum atomic E-state index is -4.46. The van der Waals surface area contributed by atoms with Gasteiger partial charge in [-0.3, -0.25) is 4.79 Å². The Labute approximate surface area is 188 Å². The third kappa shape index (κ3) is 5.93. The van der Waals surface area contributed by atoms with Gasteiger partial charge in [-0.1, -0.05) is 11.8 Å². The summed E-state index contributed by atoms with van der Waals surface area (Å²) >= 11 is 1.04. The van der Waals surface area contributed by atoms with E-state index in [0.717, 1.165) is 24.0 Å². The van der Waals surface area contributed by atoms with Crippen molar-refractivity contribution in [2.45, 2.75) is 23.0 Å². The summed E-state index contributed by atoms with van der Waals surface area (Å²) in [6, 6.07) is 8.33. The Hall–Kier alpha value is -2.31. The smallest absolute Gasteiger partial charge is 0.417 e. The number of carbonyl (C=O) groups is 1. The highest BCUT2D eigenvalue weighted by Gasteiger charge is 2.31. The third-order valence-corrected chi connectivity index (χ3v) is 7.61. The standard InChI is InChI=1S/C20H22F3N3O4S2/c1-2-30-16-4-6-17(7-5-16)32(28,29)26-11-9-25(10-12-26)19(27)14-31-18-8-3-15(13-24-18)20(21,22)23/h3-8,13H,2,9-12,14H2,1H3. The van der Waals surface area contributed by atoms with Gasteiger partial charge >= 0.3 is 6.18 Å². The number of benzene rings is 1. The number of hydrogen-bond donors (Lipinski definition) is 0. The van der Waals surface area contributed by atoms with Crippen LogP contribution in [0.4, 0.5) is 13.2 Å². The Bertz CT molecular complexity index is 1020. The fourth-order valence-corrected chi connectivity index (χ4v) is 5.23. The molecule has 32 heavy (non-hydrogen) atoms. The molecule has 174 valence electrons. The lowest BCUT2D eigenvalue weighted by molar-refractivity contribution is -0.138. The molecule has 0 bridgehead atoms. The maximum absolute atomic E-state index is 12.8. The van der Waals surface area contributed by atoms with Crippen LogP contribution in [0.25, 0.3) is 0 Å². The Balaban J connectivity index is 1.51. The van der Waals surface area contributed by atoms with Gasteiger partial charge in [0.1, 0.15) is 5.75 Å². The van der Waals surface area contributed by atoms with Gasteiger partial charge in [-0.2, -0.15) is 17.5 Å². The van der Waals surface area contributed by atoms with Crippen molar-refractivity contribution in [1.29, 1.82) is 0 Å². The molecule has 1 saturated heterocycles. The molecule has 1 aliphatic rings. The number of aromatic nitrogens is 1. The van der Waals surface area contributed by atoms with Crippen molar-refractivity contribution in [3.05, 3.63) is 48.2 Å². The number of alkyl halides is 3. The van der Waals surface area contributed by atoms with E-state index in [2.05, 4.69) is 4.98 Å². The van der Waals surface area contributed by atoms with E-state index in [4.69, 9.17) is 4.74 Å². The van der Waals surface area contributed by atoms with Crippen LogP contribution in [0.5, 0.6) is 5.75 Å². The molecule has 7 nitrogen and oxygen atoms in total. The number of pyridine rings is 1. The predicted molar refractivity (Wildman–Crippen MR) is 113 cm³/mol. The SMILES string of the molecule is CCOc1ccc(S(=O)(=O)N2CCN(C(=O)CSc3ccc(C(F)(F)F)cn3)CC2)cc1. The van der Waals surface area contributed by atoms with Gasteiger partial charge < -0.3 is 9.64 Å². The lowest BCUT2D eigenvalue weighted by Crippen LogP contribution is -2.50. The highest BCUT2D eigenvalue weighted by molar-refractivity contribution is 7.99. The molecular formula is C20H22F3N3O4S2. The summed E-state index contributed by atoms with van der Waals surface area (Å²) in [6.45, 7) is 3.10. The van der Waals surface area contributed by atoms with Crippen LogP contribution in [0.15, 0.2) is 52.5 Å². The molecule has 0 unspecified atom stereocenters. The Kier molecular flexibility index (Phi) is 7.67.